The van der Waals surface area contributed by atoms with Gasteiger partial charge in [0.1, 0.15) is 18.9 Å². The quantitative estimate of drug-likeness (QED) is 0.326. The standard InChI is InChI=1S/C16H30N2O.Na/c1-2-3-4-5-6-7-8-9-10-11-16-17-12-13-18(16)14-15-19;/h12-13,19H,2-11,14-15H2,1H3;/q;+1/p+1. The molecule has 20 heavy (non-hydrogen) atoms. The number of H-pyrrole nitrogens is 1. The summed E-state index contributed by atoms with van der Waals surface area (Å²) in [4.78, 5) is 3.27. The number of imidazole rings is 1. The third kappa shape index (κ3) is 9.17. The van der Waals surface area contributed by atoms with Crippen molar-refractivity contribution in [1.82, 2.24) is 4.98 Å². The van der Waals surface area contributed by atoms with E-state index in [1.165, 1.54) is 63.6 Å². The zero-order chi connectivity index (χ0) is 13.8. The number of hydrogen-bond acceptors (Lipinski definition) is 1. The molecule has 4 heteroatoms. The minimum atomic E-state index is 0. The maximum Gasteiger partial charge on any atom is 1.00 e. The molecular weight excluding hydrogens is 259 g/mol. The van der Waals surface area contributed by atoms with E-state index in [0.29, 0.717) is 6.54 Å². The van der Waals surface area contributed by atoms with Gasteiger partial charge in [-0.1, -0.05) is 58.3 Å². The summed E-state index contributed by atoms with van der Waals surface area (Å²) in [6.07, 6.45) is 17.4. The van der Waals surface area contributed by atoms with Crippen LogP contribution in [0.4, 0.5) is 0 Å². The van der Waals surface area contributed by atoms with Crippen molar-refractivity contribution >= 4 is 0 Å². The molecule has 0 aliphatic carbocycles. The number of aliphatic hydroxyl groups is 1. The largest absolute Gasteiger partial charge is 1.00 e. The number of nitrogens with zero attached hydrogens (tertiary/aromatic N) is 1. The van der Waals surface area contributed by atoms with Crippen LogP contribution in [0.2, 0.25) is 0 Å². The molecule has 0 atom stereocenters. The van der Waals surface area contributed by atoms with E-state index in [-0.39, 0.29) is 36.2 Å². The average molecular weight is 290 g/mol. The van der Waals surface area contributed by atoms with Gasteiger partial charge in [0, 0.05) is 6.42 Å². The van der Waals surface area contributed by atoms with Crippen molar-refractivity contribution in [3.63, 3.8) is 0 Å². The molecule has 0 saturated carbocycles. The van der Waals surface area contributed by atoms with Gasteiger partial charge in [0.25, 0.3) is 5.82 Å². The molecule has 2 N–H and O–H groups in total. The second-order valence-electron chi connectivity index (χ2n) is 5.40. The Morgan fingerprint density at radius 2 is 1.60 bits per heavy atom. The number of aryl methyl sites for hydroxylation is 1. The summed E-state index contributed by atoms with van der Waals surface area (Å²) in [5, 5.41) is 8.96. The Morgan fingerprint density at radius 3 is 2.20 bits per heavy atom. The molecule has 1 aromatic heterocycles. The van der Waals surface area contributed by atoms with E-state index in [4.69, 9.17) is 5.11 Å². The summed E-state index contributed by atoms with van der Waals surface area (Å²) in [5.74, 6) is 1.25. The molecule has 0 amide bonds. The van der Waals surface area contributed by atoms with Crippen molar-refractivity contribution in [1.29, 1.82) is 0 Å². The molecule has 0 radical (unpaired) electrons. The van der Waals surface area contributed by atoms with E-state index in [2.05, 4.69) is 16.5 Å². The second kappa shape index (κ2) is 14.1. The minimum absolute atomic E-state index is 0. The Balaban J connectivity index is 0.00000361. The Hall–Kier alpha value is 0.170. The molecule has 0 aliphatic heterocycles. The average Bonchev–Trinajstić information content (AvgIpc) is 2.85. The summed E-state index contributed by atoms with van der Waals surface area (Å²) in [5.41, 5.74) is 0. The number of unbranched alkanes of at least 4 members (excludes halogenated alkanes) is 8. The van der Waals surface area contributed by atoms with E-state index < -0.39 is 0 Å². The first-order valence-corrected chi connectivity index (χ1v) is 8.05. The Labute approximate surface area is 146 Å². The normalized spacial score (nSPS) is 10.5. The van der Waals surface area contributed by atoms with Crippen molar-refractivity contribution < 1.29 is 39.2 Å². The number of aliphatic hydroxyl groups excluding tert-OH is 1. The van der Waals surface area contributed by atoms with E-state index in [0.717, 1.165) is 6.42 Å². The number of aromatic amines is 1. The maximum atomic E-state index is 8.96. The summed E-state index contributed by atoms with van der Waals surface area (Å²) in [7, 11) is 0. The number of hydrogen-bond donors (Lipinski definition) is 2. The fourth-order valence-electron chi connectivity index (χ4n) is 2.53. The van der Waals surface area contributed by atoms with Gasteiger partial charge >= 0.3 is 29.6 Å². The summed E-state index contributed by atoms with van der Waals surface area (Å²) in [6.45, 7) is 3.19. The molecule has 0 aromatic carbocycles. The molecule has 110 valence electrons. The maximum absolute atomic E-state index is 8.96. The predicted octanol–water partition coefficient (Wildman–Crippen LogP) is 0.372. The van der Waals surface area contributed by atoms with Gasteiger partial charge in [-0.3, -0.25) is 0 Å². The first-order valence-electron chi connectivity index (χ1n) is 8.05. The molecular formula is C16H31N2NaO+2. The number of aromatic nitrogens is 2. The molecule has 0 bridgehead atoms. The molecule has 0 saturated heterocycles. The van der Waals surface area contributed by atoms with Crippen LogP contribution in [0, 0.1) is 0 Å². The molecule has 0 fully saturated rings. The summed E-state index contributed by atoms with van der Waals surface area (Å²) in [6, 6.07) is 0. The first-order chi connectivity index (χ1) is 9.38. The zero-order valence-corrected chi connectivity index (χ0v) is 15.5. The molecule has 1 aromatic rings. The first kappa shape index (κ1) is 20.2. The van der Waals surface area contributed by atoms with E-state index in [1.807, 2.05) is 12.4 Å². The Morgan fingerprint density at radius 1 is 1.00 bits per heavy atom. The fourth-order valence-corrected chi connectivity index (χ4v) is 2.53. The Kier molecular flexibility index (Phi) is 14.2. The van der Waals surface area contributed by atoms with Crippen LogP contribution in [-0.2, 0) is 13.0 Å². The van der Waals surface area contributed by atoms with Gasteiger partial charge in [-0.15, -0.1) is 0 Å². The molecule has 0 aliphatic rings. The van der Waals surface area contributed by atoms with Crippen molar-refractivity contribution in [2.45, 2.75) is 77.7 Å². The summed E-state index contributed by atoms with van der Waals surface area (Å²) < 4.78 is 2.12. The third-order valence-corrected chi connectivity index (χ3v) is 3.71. The van der Waals surface area contributed by atoms with Gasteiger partial charge < -0.3 is 5.11 Å². The zero-order valence-electron chi connectivity index (χ0n) is 13.5. The minimum Gasteiger partial charge on any atom is -0.392 e. The van der Waals surface area contributed by atoms with Crippen LogP contribution in [0.25, 0.3) is 0 Å². The van der Waals surface area contributed by atoms with Gasteiger partial charge in [-0.25, -0.2) is 9.55 Å². The number of nitrogens with one attached hydrogen (secondary N) is 1. The predicted molar refractivity (Wildman–Crippen MR) is 79.0 cm³/mol. The van der Waals surface area contributed by atoms with Crippen molar-refractivity contribution in [3.05, 3.63) is 18.2 Å². The fraction of sp³-hybridized carbons (Fsp3) is 0.812. The van der Waals surface area contributed by atoms with E-state index in [1.54, 1.807) is 0 Å². The van der Waals surface area contributed by atoms with Gasteiger partial charge in [0.15, 0.2) is 0 Å². The molecule has 1 heterocycles. The van der Waals surface area contributed by atoms with Crippen LogP contribution < -0.4 is 34.1 Å². The van der Waals surface area contributed by atoms with Crippen LogP contribution in [0.1, 0.15) is 70.5 Å². The monoisotopic (exact) mass is 290 g/mol. The van der Waals surface area contributed by atoms with Gasteiger partial charge in [0.2, 0.25) is 0 Å². The second-order valence-corrected chi connectivity index (χ2v) is 5.40. The van der Waals surface area contributed by atoms with Crippen molar-refractivity contribution in [3.8, 4) is 0 Å². The Bertz CT molecular complexity index is 315. The van der Waals surface area contributed by atoms with Crippen molar-refractivity contribution in [2.24, 2.45) is 0 Å². The summed E-state index contributed by atoms with van der Waals surface area (Å²) >= 11 is 0. The van der Waals surface area contributed by atoms with E-state index >= 15 is 0 Å². The van der Waals surface area contributed by atoms with E-state index in [9.17, 15) is 0 Å². The van der Waals surface area contributed by atoms with Crippen LogP contribution >= 0.6 is 0 Å². The molecule has 1 rings (SSSR count). The van der Waals surface area contributed by atoms with Crippen LogP contribution in [0.15, 0.2) is 12.4 Å². The van der Waals surface area contributed by atoms with Gasteiger partial charge in [-0.05, 0) is 6.42 Å². The van der Waals surface area contributed by atoms with Crippen LogP contribution in [0.3, 0.4) is 0 Å². The topological polar surface area (TPSA) is 39.9 Å². The molecule has 3 nitrogen and oxygen atoms in total. The van der Waals surface area contributed by atoms with Crippen molar-refractivity contribution in [2.75, 3.05) is 6.61 Å². The molecule has 0 unspecified atom stereocenters. The smallest absolute Gasteiger partial charge is 0.392 e. The third-order valence-electron chi connectivity index (χ3n) is 3.71. The van der Waals surface area contributed by atoms with Gasteiger partial charge in [0.05, 0.1) is 6.61 Å². The van der Waals surface area contributed by atoms with Crippen LogP contribution in [0.5, 0.6) is 0 Å². The van der Waals surface area contributed by atoms with Crippen LogP contribution in [-0.4, -0.2) is 16.7 Å². The SMILES string of the molecule is CCCCCCCCCCCc1[nH]cc[n+]1CCO.[Na+]. The van der Waals surface area contributed by atoms with Gasteiger partial charge in [-0.2, -0.15) is 0 Å². The number of rotatable bonds is 12. The molecule has 0 spiro atoms.